The van der Waals surface area contributed by atoms with Crippen molar-refractivity contribution in [3.63, 3.8) is 0 Å². The Labute approximate surface area is 58.0 Å². The minimum Gasteiger partial charge on any atom is -0.0998 e. The maximum Gasteiger partial charge on any atom is -0.0149 e. The van der Waals surface area contributed by atoms with E-state index >= 15 is 0 Å². The van der Waals surface area contributed by atoms with Crippen molar-refractivity contribution in [2.45, 2.75) is 33.6 Å². The summed E-state index contributed by atoms with van der Waals surface area (Å²) in [5, 5.41) is 0. The van der Waals surface area contributed by atoms with Crippen molar-refractivity contribution in [3.05, 3.63) is 12.2 Å². The average molecular weight is 124 g/mol. The summed E-state index contributed by atoms with van der Waals surface area (Å²) in [6.45, 7) is 10.7. The van der Waals surface area contributed by atoms with Gasteiger partial charge in [0.2, 0.25) is 0 Å². The molecule has 0 heterocycles. The normalized spacial score (nSPS) is 40.6. The summed E-state index contributed by atoms with van der Waals surface area (Å²) in [5.41, 5.74) is 2.01. The number of hydrogen-bond acceptors (Lipinski definition) is 0. The van der Waals surface area contributed by atoms with Crippen molar-refractivity contribution in [2.75, 3.05) is 0 Å². The molecule has 0 spiro atoms. The lowest BCUT2D eigenvalue weighted by Crippen LogP contribution is -1.94. The van der Waals surface area contributed by atoms with Gasteiger partial charge in [0.05, 0.1) is 0 Å². The first-order valence-electron chi connectivity index (χ1n) is 3.75. The van der Waals surface area contributed by atoms with E-state index in [0.29, 0.717) is 5.41 Å². The highest BCUT2D eigenvalue weighted by Crippen LogP contribution is 2.57. The van der Waals surface area contributed by atoms with Gasteiger partial charge in [-0.2, -0.15) is 0 Å². The van der Waals surface area contributed by atoms with Crippen LogP contribution in [0.4, 0.5) is 0 Å². The van der Waals surface area contributed by atoms with Crippen molar-refractivity contribution in [1.82, 2.24) is 0 Å². The molecule has 9 heavy (non-hydrogen) atoms. The molecule has 1 aliphatic carbocycles. The van der Waals surface area contributed by atoms with Crippen molar-refractivity contribution in [1.29, 1.82) is 0 Å². The Morgan fingerprint density at radius 3 is 2.44 bits per heavy atom. The van der Waals surface area contributed by atoms with E-state index in [0.717, 1.165) is 5.92 Å². The molecular weight excluding hydrogens is 108 g/mol. The molecule has 0 saturated heterocycles. The molecule has 1 aliphatic rings. The molecule has 0 amide bonds. The van der Waals surface area contributed by atoms with E-state index in [1.54, 1.807) is 0 Å². The maximum absolute atomic E-state index is 3.96. The fraction of sp³-hybridized carbons (Fsp3) is 0.778. The van der Waals surface area contributed by atoms with Gasteiger partial charge in [-0.05, 0) is 24.7 Å². The first-order valence-corrected chi connectivity index (χ1v) is 3.75. The maximum atomic E-state index is 3.96. The SMILES string of the molecule is C=C(C)C1CC1(C)CC. The van der Waals surface area contributed by atoms with Gasteiger partial charge in [-0.1, -0.05) is 32.4 Å². The smallest absolute Gasteiger partial charge is 0.0149 e. The van der Waals surface area contributed by atoms with Crippen LogP contribution in [0, 0.1) is 11.3 Å². The van der Waals surface area contributed by atoms with Crippen molar-refractivity contribution in [2.24, 2.45) is 11.3 Å². The number of rotatable bonds is 2. The van der Waals surface area contributed by atoms with Gasteiger partial charge in [0, 0.05) is 0 Å². The highest BCUT2D eigenvalue weighted by atomic mass is 14.5. The van der Waals surface area contributed by atoms with Gasteiger partial charge in [-0.3, -0.25) is 0 Å². The van der Waals surface area contributed by atoms with Crippen LogP contribution in [0.2, 0.25) is 0 Å². The lowest BCUT2D eigenvalue weighted by molar-refractivity contribution is 0.511. The van der Waals surface area contributed by atoms with Crippen LogP contribution < -0.4 is 0 Å². The van der Waals surface area contributed by atoms with E-state index in [1.807, 2.05) is 0 Å². The van der Waals surface area contributed by atoms with Gasteiger partial charge in [0.25, 0.3) is 0 Å². The Morgan fingerprint density at radius 2 is 2.33 bits per heavy atom. The highest BCUT2D eigenvalue weighted by molar-refractivity contribution is 5.14. The fourth-order valence-electron chi connectivity index (χ4n) is 1.57. The second kappa shape index (κ2) is 1.86. The second-order valence-electron chi connectivity index (χ2n) is 3.61. The molecule has 2 unspecified atom stereocenters. The van der Waals surface area contributed by atoms with E-state index in [2.05, 4.69) is 27.4 Å². The quantitative estimate of drug-likeness (QED) is 0.496. The Bertz CT molecular complexity index is 135. The van der Waals surface area contributed by atoms with Crippen LogP contribution in [0.5, 0.6) is 0 Å². The van der Waals surface area contributed by atoms with Crippen molar-refractivity contribution in [3.8, 4) is 0 Å². The zero-order chi connectivity index (χ0) is 7.07. The third-order valence-electron chi connectivity index (χ3n) is 2.75. The van der Waals surface area contributed by atoms with Crippen LogP contribution in [0.3, 0.4) is 0 Å². The lowest BCUT2D eigenvalue weighted by atomic mass is 10.0. The van der Waals surface area contributed by atoms with E-state index < -0.39 is 0 Å². The van der Waals surface area contributed by atoms with Crippen LogP contribution in [-0.2, 0) is 0 Å². The van der Waals surface area contributed by atoms with Crippen LogP contribution in [0.1, 0.15) is 33.6 Å². The molecule has 0 bridgehead atoms. The molecule has 0 aromatic heterocycles. The topological polar surface area (TPSA) is 0 Å². The minimum absolute atomic E-state index is 0.631. The van der Waals surface area contributed by atoms with Gasteiger partial charge in [-0.25, -0.2) is 0 Å². The van der Waals surface area contributed by atoms with E-state index in [4.69, 9.17) is 0 Å². The monoisotopic (exact) mass is 124 g/mol. The van der Waals surface area contributed by atoms with Crippen LogP contribution in [-0.4, -0.2) is 0 Å². The summed E-state index contributed by atoms with van der Waals surface area (Å²) in [6.07, 6.45) is 2.68. The van der Waals surface area contributed by atoms with Crippen LogP contribution >= 0.6 is 0 Å². The zero-order valence-corrected chi connectivity index (χ0v) is 6.70. The van der Waals surface area contributed by atoms with E-state index in [1.165, 1.54) is 18.4 Å². The van der Waals surface area contributed by atoms with Crippen LogP contribution in [0.25, 0.3) is 0 Å². The average Bonchev–Trinajstić information content (AvgIpc) is 2.44. The molecule has 1 rings (SSSR count). The molecule has 0 aromatic rings. The Balaban J connectivity index is 2.48. The molecule has 52 valence electrons. The van der Waals surface area contributed by atoms with Gasteiger partial charge < -0.3 is 0 Å². The summed E-state index contributed by atoms with van der Waals surface area (Å²) in [7, 11) is 0. The van der Waals surface area contributed by atoms with Gasteiger partial charge in [0.15, 0.2) is 0 Å². The third kappa shape index (κ3) is 1.03. The van der Waals surface area contributed by atoms with Crippen LogP contribution in [0.15, 0.2) is 12.2 Å². The first kappa shape index (κ1) is 6.85. The predicted octanol–water partition coefficient (Wildman–Crippen LogP) is 3.00. The molecule has 0 nitrogen and oxygen atoms in total. The molecule has 0 aliphatic heterocycles. The molecule has 0 aromatic carbocycles. The summed E-state index contributed by atoms with van der Waals surface area (Å²) in [5.74, 6) is 0.836. The number of hydrogen-bond donors (Lipinski definition) is 0. The Kier molecular flexibility index (Phi) is 1.42. The van der Waals surface area contributed by atoms with Crippen molar-refractivity contribution < 1.29 is 0 Å². The number of allylic oxidation sites excluding steroid dienone is 1. The van der Waals surface area contributed by atoms with Gasteiger partial charge in [-0.15, -0.1) is 0 Å². The summed E-state index contributed by atoms with van der Waals surface area (Å²) < 4.78 is 0. The molecule has 1 fully saturated rings. The van der Waals surface area contributed by atoms with E-state index in [-0.39, 0.29) is 0 Å². The van der Waals surface area contributed by atoms with Gasteiger partial charge in [0.1, 0.15) is 0 Å². The molecule has 2 atom stereocenters. The standard InChI is InChI=1S/C9H16/c1-5-9(4)6-8(9)7(2)3/h8H,2,5-6H2,1,3-4H3. The molecule has 0 radical (unpaired) electrons. The van der Waals surface area contributed by atoms with Gasteiger partial charge >= 0.3 is 0 Å². The molecular formula is C9H16. The van der Waals surface area contributed by atoms with E-state index in [9.17, 15) is 0 Å². The highest BCUT2D eigenvalue weighted by Gasteiger charge is 2.48. The summed E-state index contributed by atoms with van der Waals surface area (Å²) in [4.78, 5) is 0. The molecule has 1 saturated carbocycles. The lowest BCUT2D eigenvalue weighted by Gasteiger charge is -2.05. The summed E-state index contributed by atoms with van der Waals surface area (Å²) >= 11 is 0. The molecule has 0 heteroatoms. The minimum atomic E-state index is 0.631. The summed E-state index contributed by atoms with van der Waals surface area (Å²) in [6, 6.07) is 0. The first-order chi connectivity index (χ1) is 4.10. The fourth-order valence-corrected chi connectivity index (χ4v) is 1.57. The third-order valence-corrected chi connectivity index (χ3v) is 2.75. The largest absolute Gasteiger partial charge is 0.0998 e. The Hall–Kier alpha value is -0.260. The second-order valence-corrected chi connectivity index (χ2v) is 3.61. The zero-order valence-electron chi connectivity index (χ0n) is 6.70. The predicted molar refractivity (Wildman–Crippen MR) is 41.3 cm³/mol. The van der Waals surface area contributed by atoms with Crippen molar-refractivity contribution >= 4 is 0 Å². The molecule has 0 N–H and O–H groups in total. The Morgan fingerprint density at radius 1 is 1.78 bits per heavy atom.